The molecule has 48 heavy (non-hydrogen) atoms. The molecule has 0 spiro atoms. The van der Waals surface area contributed by atoms with Gasteiger partial charge in [0.25, 0.3) is 0 Å². The Kier molecular flexibility index (Phi) is 8.88. The molecule has 6 nitrogen and oxygen atoms in total. The second kappa shape index (κ2) is 13.9. The molecule has 0 saturated carbocycles. The van der Waals surface area contributed by atoms with Crippen LogP contribution >= 0.6 is 0 Å². The van der Waals surface area contributed by atoms with E-state index < -0.39 is 0 Å². The van der Waals surface area contributed by atoms with Gasteiger partial charge in [-0.3, -0.25) is 0 Å². The topological polar surface area (TPSA) is 71.1 Å². The Hall–Kier alpha value is -5.88. The highest BCUT2D eigenvalue weighted by atomic mass is 16.6. The summed E-state index contributed by atoms with van der Waals surface area (Å²) in [6, 6.07) is 40.9. The zero-order valence-electron chi connectivity index (χ0n) is 26.6. The maximum absolute atomic E-state index is 13.0. The molecule has 0 bridgehead atoms. The summed E-state index contributed by atoms with van der Waals surface area (Å²) < 4.78 is 24.1. The zero-order chi connectivity index (χ0) is 32.9. The molecule has 6 heteroatoms. The summed E-state index contributed by atoms with van der Waals surface area (Å²) in [4.78, 5) is 26.0. The predicted molar refractivity (Wildman–Crippen MR) is 190 cm³/mol. The van der Waals surface area contributed by atoms with E-state index in [1.807, 2.05) is 103 Å². The molecule has 0 atom stereocenters. The lowest BCUT2D eigenvalue weighted by Crippen LogP contribution is -2.14. The first-order chi connectivity index (χ1) is 23.6. The number of benzene rings is 7. The SMILES string of the molecule is CCc1ccc2c(OCCOC(=O)c3cccc4ccccc34)c3ccccc3c(OCCOC(=O)c3cccc4ccccc34)c2c1. The van der Waals surface area contributed by atoms with E-state index in [1.54, 1.807) is 12.1 Å². The molecule has 0 N–H and O–H groups in total. The Labute approximate surface area is 278 Å². The van der Waals surface area contributed by atoms with Crippen LogP contribution in [0.25, 0.3) is 43.1 Å². The van der Waals surface area contributed by atoms with Crippen molar-refractivity contribution in [2.45, 2.75) is 13.3 Å². The molecule has 0 aliphatic heterocycles. The summed E-state index contributed by atoms with van der Waals surface area (Å²) in [5, 5.41) is 7.21. The normalized spacial score (nSPS) is 11.2. The summed E-state index contributed by atoms with van der Waals surface area (Å²) in [5.41, 5.74) is 2.21. The van der Waals surface area contributed by atoms with Gasteiger partial charge in [0.1, 0.15) is 37.9 Å². The lowest BCUT2D eigenvalue weighted by atomic mass is 9.98. The third-order valence-corrected chi connectivity index (χ3v) is 8.54. The quantitative estimate of drug-likeness (QED) is 0.0802. The maximum Gasteiger partial charge on any atom is 0.338 e. The fraction of sp³-hybridized carbons (Fsp3) is 0.143. The molecule has 0 aliphatic carbocycles. The molecule has 0 aromatic heterocycles. The number of ether oxygens (including phenoxy) is 4. The highest BCUT2D eigenvalue weighted by molar-refractivity contribution is 6.11. The van der Waals surface area contributed by atoms with Gasteiger partial charge >= 0.3 is 11.9 Å². The van der Waals surface area contributed by atoms with Crippen LogP contribution in [0.5, 0.6) is 11.5 Å². The predicted octanol–water partition coefficient (Wildman–Crippen LogP) is 9.33. The highest BCUT2D eigenvalue weighted by Crippen LogP contribution is 2.43. The van der Waals surface area contributed by atoms with E-state index in [4.69, 9.17) is 18.9 Å². The Balaban J connectivity index is 1.09. The third kappa shape index (κ3) is 6.13. The maximum atomic E-state index is 13.0. The summed E-state index contributed by atoms with van der Waals surface area (Å²) in [6.45, 7) is 2.64. The van der Waals surface area contributed by atoms with Crippen molar-refractivity contribution in [3.05, 3.63) is 144 Å². The van der Waals surface area contributed by atoms with Crippen LogP contribution < -0.4 is 9.47 Å². The van der Waals surface area contributed by atoms with Crippen molar-refractivity contribution in [3.63, 3.8) is 0 Å². The van der Waals surface area contributed by atoms with Crippen molar-refractivity contribution in [3.8, 4) is 11.5 Å². The molecule has 238 valence electrons. The van der Waals surface area contributed by atoms with Crippen LogP contribution in [0.3, 0.4) is 0 Å². The number of aryl methyl sites for hydroxylation is 1. The van der Waals surface area contributed by atoms with E-state index >= 15 is 0 Å². The van der Waals surface area contributed by atoms with Crippen LogP contribution in [-0.4, -0.2) is 38.4 Å². The number of esters is 2. The monoisotopic (exact) mass is 634 g/mol. The van der Waals surface area contributed by atoms with Crippen molar-refractivity contribution >= 4 is 55.0 Å². The number of fused-ring (bicyclic) bond motifs is 4. The number of carbonyl (C=O) groups is 2. The molecular formula is C42H34O6. The smallest absolute Gasteiger partial charge is 0.338 e. The number of hydrogen-bond acceptors (Lipinski definition) is 6. The molecule has 7 rings (SSSR count). The molecule has 7 aromatic rings. The first kappa shape index (κ1) is 30.8. The molecule has 0 saturated heterocycles. The third-order valence-electron chi connectivity index (χ3n) is 8.54. The molecule has 0 amide bonds. The lowest BCUT2D eigenvalue weighted by molar-refractivity contribution is 0.0445. The largest absolute Gasteiger partial charge is 0.489 e. The highest BCUT2D eigenvalue weighted by Gasteiger charge is 2.18. The van der Waals surface area contributed by atoms with Crippen molar-refractivity contribution in [2.24, 2.45) is 0 Å². The average Bonchev–Trinajstić information content (AvgIpc) is 3.14. The second-order valence-electron chi connectivity index (χ2n) is 11.5. The van der Waals surface area contributed by atoms with Crippen LogP contribution in [0.4, 0.5) is 0 Å². The van der Waals surface area contributed by atoms with E-state index in [1.165, 1.54) is 0 Å². The Morgan fingerprint density at radius 3 is 1.42 bits per heavy atom. The molecule has 0 unspecified atom stereocenters. The van der Waals surface area contributed by atoms with Crippen molar-refractivity contribution in [2.75, 3.05) is 26.4 Å². The number of rotatable bonds is 11. The van der Waals surface area contributed by atoms with Gasteiger partial charge in [-0.25, -0.2) is 9.59 Å². The minimum Gasteiger partial charge on any atom is -0.489 e. The van der Waals surface area contributed by atoms with Gasteiger partial charge in [0.15, 0.2) is 0 Å². The molecular weight excluding hydrogens is 600 g/mol. The Bertz CT molecular complexity index is 2280. The summed E-state index contributed by atoms with van der Waals surface area (Å²) >= 11 is 0. The van der Waals surface area contributed by atoms with Gasteiger partial charge in [0, 0.05) is 21.5 Å². The Morgan fingerprint density at radius 2 is 0.896 bits per heavy atom. The fourth-order valence-electron chi connectivity index (χ4n) is 6.20. The minimum absolute atomic E-state index is 0.0885. The van der Waals surface area contributed by atoms with Crippen molar-refractivity contribution in [1.29, 1.82) is 0 Å². The second-order valence-corrected chi connectivity index (χ2v) is 11.5. The van der Waals surface area contributed by atoms with E-state index in [0.29, 0.717) is 22.6 Å². The fourth-order valence-corrected chi connectivity index (χ4v) is 6.20. The average molecular weight is 635 g/mol. The summed E-state index contributed by atoms with van der Waals surface area (Å²) in [6.07, 6.45) is 0.852. The first-order valence-electron chi connectivity index (χ1n) is 16.1. The number of hydrogen-bond donors (Lipinski definition) is 0. The van der Waals surface area contributed by atoms with Crippen molar-refractivity contribution < 1.29 is 28.5 Å². The van der Waals surface area contributed by atoms with Gasteiger partial charge < -0.3 is 18.9 Å². The standard InChI is InChI=1S/C42H34O6/c1-2-28-21-22-35-38(27-28)40(46-24-26-48-42(44)37-20-10-14-30-12-4-6-16-32(30)37)34-18-8-7-17-33(34)39(35)45-23-25-47-41(43)36-19-9-13-29-11-3-5-15-31(29)36/h3-22,27H,2,23-26H2,1H3. The van der Waals surface area contributed by atoms with E-state index in [9.17, 15) is 9.59 Å². The summed E-state index contributed by atoms with van der Waals surface area (Å²) in [5.74, 6) is 0.622. The van der Waals surface area contributed by atoms with Gasteiger partial charge in [0.05, 0.1) is 11.1 Å². The molecule has 0 fully saturated rings. The van der Waals surface area contributed by atoms with Crippen LogP contribution in [-0.2, 0) is 15.9 Å². The molecule has 0 aliphatic rings. The molecule has 0 radical (unpaired) electrons. The van der Waals surface area contributed by atoms with Crippen molar-refractivity contribution in [1.82, 2.24) is 0 Å². The van der Waals surface area contributed by atoms with Crippen LogP contribution in [0.15, 0.2) is 127 Å². The molecule has 0 heterocycles. The van der Waals surface area contributed by atoms with E-state index in [2.05, 4.69) is 19.1 Å². The van der Waals surface area contributed by atoms with Gasteiger partial charge in [-0.05, 0) is 51.7 Å². The Morgan fingerprint density at radius 1 is 0.458 bits per heavy atom. The van der Waals surface area contributed by atoms with Gasteiger partial charge in [-0.1, -0.05) is 116 Å². The van der Waals surface area contributed by atoms with E-state index in [-0.39, 0.29) is 38.4 Å². The minimum atomic E-state index is -0.386. The molecule has 7 aromatic carbocycles. The zero-order valence-corrected chi connectivity index (χ0v) is 26.6. The summed E-state index contributed by atoms with van der Waals surface area (Å²) in [7, 11) is 0. The van der Waals surface area contributed by atoms with Crippen LogP contribution in [0, 0.1) is 0 Å². The van der Waals surface area contributed by atoms with Gasteiger partial charge in [0.2, 0.25) is 0 Å². The van der Waals surface area contributed by atoms with Gasteiger partial charge in [-0.15, -0.1) is 0 Å². The first-order valence-corrected chi connectivity index (χ1v) is 16.1. The van der Waals surface area contributed by atoms with Crippen LogP contribution in [0.2, 0.25) is 0 Å². The number of carbonyl (C=O) groups excluding carboxylic acids is 2. The van der Waals surface area contributed by atoms with Gasteiger partial charge in [-0.2, -0.15) is 0 Å². The van der Waals surface area contributed by atoms with E-state index in [0.717, 1.165) is 55.1 Å². The van der Waals surface area contributed by atoms with Crippen LogP contribution in [0.1, 0.15) is 33.2 Å². The lowest BCUT2D eigenvalue weighted by Gasteiger charge is -2.19.